The number of hydrogen-bond donors (Lipinski definition) is 0. The van der Waals surface area contributed by atoms with Gasteiger partial charge in [0.25, 0.3) is 5.91 Å². The Bertz CT molecular complexity index is 883. The van der Waals surface area contributed by atoms with Gasteiger partial charge in [0.15, 0.2) is 0 Å². The average Bonchev–Trinajstić information content (AvgIpc) is 2.77. The zero-order valence-corrected chi connectivity index (χ0v) is 18.8. The van der Waals surface area contributed by atoms with Crippen molar-refractivity contribution in [2.75, 3.05) is 32.8 Å². The van der Waals surface area contributed by atoms with Gasteiger partial charge in [-0.15, -0.1) is 0 Å². The molecule has 0 N–H and O–H groups in total. The summed E-state index contributed by atoms with van der Waals surface area (Å²) in [6.45, 7) is 10.7. The molecule has 0 unspecified atom stereocenters. The molecule has 0 spiro atoms. The van der Waals surface area contributed by atoms with Crippen LogP contribution in [0, 0.1) is 19.8 Å². The fourth-order valence-electron chi connectivity index (χ4n) is 3.54. The van der Waals surface area contributed by atoms with E-state index in [1.165, 1.54) is 0 Å². The molecule has 1 fully saturated rings. The first kappa shape index (κ1) is 22.6. The smallest absolute Gasteiger partial charge is 0.409 e. The van der Waals surface area contributed by atoms with Crippen LogP contribution in [0.25, 0.3) is 0 Å². The summed E-state index contributed by atoms with van der Waals surface area (Å²) < 4.78 is 11.3. The molecular weight excluding hydrogens is 394 g/mol. The van der Waals surface area contributed by atoms with Crippen molar-refractivity contribution in [2.24, 2.45) is 5.92 Å². The predicted molar refractivity (Wildman–Crippen MR) is 118 cm³/mol. The second kappa shape index (κ2) is 10.3. The van der Waals surface area contributed by atoms with Gasteiger partial charge in [0.1, 0.15) is 12.4 Å². The van der Waals surface area contributed by atoms with Crippen molar-refractivity contribution in [3.8, 4) is 5.75 Å². The van der Waals surface area contributed by atoms with Crippen molar-refractivity contribution in [1.29, 1.82) is 0 Å². The maximum absolute atomic E-state index is 13.0. The Hall–Kier alpha value is -3.09. The van der Waals surface area contributed by atoms with Crippen molar-refractivity contribution in [1.82, 2.24) is 14.8 Å². The molecule has 7 nitrogen and oxygen atoms in total. The molecule has 166 valence electrons. The van der Waals surface area contributed by atoms with Crippen molar-refractivity contribution in [2.45, 2.75) is 34.3 Å². The highest BCUT2D eigenvalue weighted by atomic mass is 16.6. The molecule has 2 amide bonds. The number of nitrogens with zero attached hydrogens (tertiary/aromatic N) is 3. The summed E-state index contributed by atoms with van der Waals surface area (Å²) in [6.07, 6.45) is 3.21. The predicted octanol–water partition coefficient (Wildman–Crippen LogP) is 3.83. The van der Waals surface area contributed by atoms with Gasteiger partial charge in [-0.1, -0.05) is 19.9 Å². The Morgan fingerprint density at radius 3 is 2.29 bits per heavy atom. The summed E-state index contributed by atoms with van der Waals surface area (Å²) in [4.78, 5) is 32.7. The van der Waals surface area contributed by atoms with E-state index >= 15 is 0 Å². The van der Waals surface area contributed by atoms with Crippen molar-refractivity contribution < 1.29 is 19.1 Å². The fourth-order valence-corrected chi connectivity index (χ4v) is 3.54. The van der Waals surface area contributed by atoms with E-state index in [2.05, 4.69) is 4.98 Å². The lowest BCUT2D eigenvalue weighted by atomic mass is 10.0. The number of rotatable bonds is 6. The minimum Gasteiger partial charge on any atom is -0.488 e. The Balaban J connectivity index is 1.59. The number of pyridine rings is 1. The van der Waals surface area contributed by atoms with Gasteiger partial charge in [0.2, 0.25) is 0 Å². The molecule has 0 aliphatic carbocycles. The van der Waals surface area contributed by atoms with E-state index < -0.39 is 0 Å². The lowest BCUT2D eigenvalue weighted by molar-refractivity contribution is 0.0535. The van der Waals surface area contributed by atoms with Crippen molar-refractivity contribution in [3.05, 3.63) is 58.9 Å². The van der Waals surface area contributed by atoms with E-state index in [0.29, 0.717) is 50.9 Å². The van der Waals surface area contributed by atoms with E-state index in [4.69, 9.17) is 9.47 Å². The zero-order valence-electron chi connectivity index (χ0n) is 18.8. The van der Waals surface area contributed by atoms with Gasteiger partial charge < -0.3 is 19.3 Å². The molecule has 0 radical (unpaired) electrons. The van der Waals surface area contributed by atoms with Crippen LogP contribution in [0.3, 0.4) is 0 Å². The quantitative estimate of drug-likeness (QED) is 0.703. The highest BCUT2D eigenvalue weighted by molar-refractivity contribution is 5.95. The number of benzene rings is 1. The summed E-state index contributed by atoms with van der Waals surface area (Å²) in [5.41, 5.74) is 3.47. The van der Waals surface area contributed by atoms with Crippen molar-refractivity contribution in [3.63, 3.8) is 0 Å². The first-order valence-corrected chi connectivity index (χ1v) is 10.7. The number of carbonyl (C=O) groups is 2. The normalized spacial score (nSPS) is 14.0. The molecular formula is C24H31N3O4. The van der Waals surface area contributed by atoms with Gasteiger partial charge in [-0.05, 0) is 49.1 Å². The van der Waals surface area contributed by atoms with Crippen LogP contribution in [0.2, 0.25) is 0 Å². The van der Waals surface area contributed by atoms with E-state index in [0.717, 1.165) is 22.4 Å². The molecule has 2 heterocycles. The molecule has 1 aromatic heterocycles. The minimum atomic E-state index is -0.303. The third-order valence-electron chi connectivity index (χ3n) is 5.18. The topological polar surface area (TPSA) is 72.0 Å². The number of carbonyl (C=O) groups excluding carboxylic acids is 2. The summed E-state index contributed by atoms with van der Waals surface area (Å²) in [7, 11) is 0. The van der Waals surface area contributed by atoms with Crippen LogP contribution in [0.4, 0.5) is 4.79 Å². The first-order chi connectivity index (χ1) is 14.8. The van der Waals surface area contributed by atoms with E-state index in [-0.39, 0.29) is 12.0 Å². The van der Waals surface area contributed by atoms with Gasteiger partial charge >= 0.3 is 6.09 Å². The maximum atomic E-state index is 13.0. The number of piperazine rings is 1. The van der Waals surface area contributed by atoms with Gasteiger partial charge in [-0.25, -0.2) is 4.79 Å². The van der Waals surface area contributed by atoms with Gasteiger partial charge in [0, 0.05) is 49.7 Å². The maximum Gasteiger partial charge on any atom is 0.409 e. The van der Waals surface area contributed by atoms with Crippen LogP contribution in [0.15, 0.2) is 36.7 Å². The molecule has 2 aromatic rings. The molecule has 1 saturated heterocycles. The van der Waals surface area contributed by atoms with E-state index in [1.54, 1.807) is 22.2 Å². The molecule has 0 saturated carbocycles. The third-order valence-corrected chi connectivity index (χ3v) is 5.18. The first-order valence-electron chi connectivity index (χ1n) is 10.7. The standard InChI is InChI=1S/C24H31N3O4/c1-17(2)15-31-24(29)27-10-8-26(9-11-27)23(28)21-12-18(3)22(19(4)13-21)30-16-20-6-5-7-25-14-20/h5-7,12-14,17H,8-11,15-16H2,1-4H3. The van der Waals surface area contributed by atoms with Crippen LogP contribution >= 0.6 is 0 Å². The molecule has 31 heavy (non-hydrogen) atoms. The highest BCUT2D eigenvalue weighted by Gasteiger charge is 2.26. The second-order valence-electron chi connectivity index (χ2n) is 8.34. The van der Waals surface area contributed by atoms with Crippen LogP contribution in [-0.2, 0) is 11.3 Å². The number of aryl methyl sites for hydroxylation is 2. The van der Waals surface area contributed by atoms with Crippen molar-refractivity contribution >= 4 is 12.0 Å². The Labute approximate surface area is 184 Å². The number of ether oxygens (including phenoxy) is 2. The number of hydrogen-bond acceptors (Lipinski definition) is 5. The molecule has 0 atom stereocenters. The SMILES string of the molecule is Cc1cc(C(=O)N2CCN(C(=O)OCC(C)C)CC2)cc(C)c1OCc1cccnc1. The van der Waals surface area contributed by atoms with Crippen LogP contribution in [0.1, 0.15) is 40.9 Å². The molecule has 0 bridgehead atoms. The summed E-state index contributed by atoms with van der Waals surface area (Å²) in [5, 5.41) is 0. The van der Waals surface area contributed by atoms with E-state index in [1.807, 2.05) is 52.0 Å². The molecule has 1 aromatic carbocycles. The minimum absolute atomic E-state index is 0.0276. The second-order valence-corrected chi connectivity index (χ2v) is 8.34. The third kappa shape index (κ3) is 5.96. The summed E-state index contributed by atoms with van der Waals surface area (Å²) in [5.74, 6) is 1.06. The van der Waals surface area contributed by atoms with Crippen LogP contribution < -0.4 is 4.74 Å². The monoisotopic (exact) mass is 425 g/mol. The number of aromatic nitrogens is 1. The highest BCUT2D eigenvalue weighted by Crippen LogP contribution is 2.26. The largest absolute Gasteiger partial charge is 0.488 e. The van der Waals surface area contributed by atoms with Crippen LogP contribution in [-0.4, -0.2) is 59.6 Å². The summed E-state index contributed by atoms with van der Waals surface area (Å²) in [6, 6.07) is 7.59. The molecule has 1 aliphatic rings. The summed E-state index contributed by atoms with van der Waals surface area (Å²) >= 11 is 0. The fraction of sp³-hybridized carbons (Fsp3) is 0.458. The average molecular weight is 426 g/mol. The van der Waals surface area contributed by atoms with Gasteiger partial charge in [-0.3, -0.25) is 9.78 Å². The lowest BCUT2D eigenvalue weighted by Crippen LogP contribution is -2.50. The molecule has 7 heteroatoms. The Morgan fingerprint density at radius 1 is 1.06 bits per heavy atom. The van der Waals surface area contributed by atoms with E-state index in [9.17, 15) is 9.59 Å². The van der Waals surface area contributed by atoms with Gasteiger partial charge in [0.05, 0.1) is 6.61 Å². The molecule has 3 rings (SSSR count). The Kier molecular flexibility index (Phi) is 7.50. The Morgan fingerprint density at radius 2 is 1.71 bits per heavy atom. The molecule has 1 aliphatic heterocycles. The zero-order chi connectivity index (χ0) is 22.4. The lowest BCUT2D eigenvalue weighted by Gasteiger charge is -2.34. The van der Waals surface area contributed by atoms with Gasteiger partial charge in [-0.2, -0.15) is 0 Å². The van der Waals surface area contributed by atoms with Crippen LogP contribution in [0.5, 0.6) is 5.75 Å². The number of amides is 2.